The predicted octanol–water partition coefficient (Wildman–Crippen LogP) is 1.33. The van der Waals surface area contributed by atoms with E-state index in [0.29, 0.717) is 6.42 Å². The molecule has 82 valence electrons. The van der Waals surface area contributed by atoms with Crippen molar-refractivity contribution in [1.82, 2.24) is 4.90 Å². The molecule has 0 aliphatic carbocycles. The molecule has 15 heavy (non-hydrogen) atoms. The van der Waals surface area contributed by atoms with Gasteiger partial charge in [-0.05, 0) is 12.8 Å². The van der Waals surface area contributed by atoms with Crippen molar-refractivity contribution in [1.29, 1.82) is 0 Å². The Hall–Kier alpha value is -1.78. The molecular weight excluding hydrogens is 198 g/mol. The highest BCUT2D eigenvalue weighted by Gasteiger charge is 2.29. The van der Waals surface area contributed by atoms with Gasteiger partial charge in [0, 0.05) is 6.54 Å². The van der Waals surface area contributed by atoms with Gasteiger partial charge in [-0.2, -0.15) is 0 Å². The predicted molar refractivity (Wildman–Crippen MR) is 53.7 cm³/mol. The summed E-state index contributed by atoms with van der Waals surface area (Å²) in [5, 5.41) is 17.7. The van der Waals surface area contributed by atoms with Crippen LogP contribution in [0, 0.1) is 0 Å². The van der Waals surface area contributed by atoms with Gasteiger partial charge in [0.25, 0.3) is 0 Å². The van der Waals surface area contributed by atoms with Crippen molar-refractivity contribution in [3.05, 3.63) is 24.3 Å². The number of carbonyl (C=O) groups is 2. The topological polar surface area (TPSA) is 77.8 Å². The van der Waals surface area contributed by atoms with Gasteiger partial charge in [0.2, 0.25) is 0 Å². The lowest BCUT2D eigenvalue weighted by molar-refractivity contribution is -0.142. The number of allylic oxidation sites excluding steroid dienone is 1. The van der Waals surface area contributed by atoms with E-state index in [4.69, 9.17) is 10.2 Å². The Morgan fingerprint density at radius 3 is 2.67 bits per heavy atom. The number of nitrogens with zero attached hydrogens (tertiary/aromatic N) is 1. The smallest absolute Gasteiger partial charge is 0.408 e. The zero-order valence-electron chi connectivity index (χ0n) is 8.22. The second-order valence-corrected chi connectivity index (χ2v) is 3.30. The molecule has 1 atom stereocenters. The van der Waals surface area contributed by atoms with Crippen LogP contribution < -0.4 is 0 Å². The molecule has 0 fully saturated rings. The Morgan fingerprint density at radius 2 is 2.20 bits per heavy atom. The largest absolute Gasteiger partial charge is 0.480 e. The summed E-state index contributed by atoms with van der Waals surface area (Å²) in [5.41, 5.74) is 0.894. The van der Waals surface area contributed by atoms with Gasteiger partial charge in [0.05, 0.1) is 0 Å². The Morgan fingerprint density at radius 1 is 1.53 bits per heavy atom. The fraction of sp³-hybridized carbons (Fsp3) is 0.400. The molecule has 1 heterocycles. The summed E-state index contributed by atoms with van der Waals surface area (Å²) < 4.78 is 0. The molecule has 2 N–H and O–H groups in total. The molecule has 0 aromatic carbocycles. The summed E-state index contributed by atoms with van der Waals surface area (Å²) in [4.78, 5) is 22.6. The van der Waals surface area contributed by atoms with Gasteiger partial charge in [-0.1, -0.05) is 24.3 Å². The lowest BCUT2D eigenvalue weighted by Gasteiger charge is -2.23. The maximum absolute atomic E-state index is 10.9. The maximum Gasteiger partial charge on any atom is 0.408 e. The highest BCUT2D eigenvalue weighted by Crippen LogP contribution is 2.17. The van der Waals surface area contributed by atoms with E-state index in [1.54, 1.807) is 12.2 Å². The van der Waals surface area contributed by atoms with Crippen molar-refractivity contribution in [2.75, 3.05) is 6.54 Å². The summed E-state index contributed by atoms with van der Waals surface area (Å²) in [6.45, 7) is 3.78. The molecule has 5 heteroatoms. The average molecular weight is 211 g/mol. The van der Waals surface area contributed by atoms with Gasteiger partial charge in [-0.15, -0.1) is 0 Å². The molecule has 1 rings (SSSR count). The van der Waals surface area contributed by atoms with Crippen molar-refractivity contribution in [2.45, 2.75) is 18.9 Å². The molecule has 1 aliphatic rings. The van der Waals surface area contributed by atoms with Crippen LogP contribution >= 0.6 is 0 Å². The zero-order valence-corrected chi connectivity index (χ0v) is 8.22. The SMILES string of the molecule is C=CC1=CCC(C(=O)O)N(C(=O)O)CC1. The maximum atomic E-state index is 10.9. The Bertz CT molecular complexity index is 321. The monoisotopic (exact) mass is 211 g/mol. The minimum atomic E-state index is -1.19. The second kappa shape index (κ2) is 4.63. The van der Waals surface area contributed by atoms with Crippen LogP contribution in [-0.4, -0.2) is 39.8 Å². The van der Waals surface area contributed by atoms with E-state index < -0.39 is 18.1 Å². The minimum absolute atomic E-state index is 0.197. The highest BCUT2D eigenvalue weighted by atomic mass is 16.4. The fourth-order valence-corrected chi connectivity index (χ4v) is 1.55. The molecule has 1 unspecified atom stereocenters. The highest BCUT2D eigenvalue weighted by molar-refractivity contribution is 5.79. The van der Waals surface area contributed by atoms with Crippen molar-refractivity contribution >= 4 is 12.1 Å². The molecule has 1 aliphatic heterocycles. The lowest BCUT2D eigenvalue weighted by atomic mass is 10.1. The number of rotatable bonds is 2. The quantitative estimate of drug-likeness (QED) is 0.722. The van der Waals surface area contributed by atoms with Crippen LogP contribution in [0.2, 0.25) is 0 Å². The van der Waals surface area contributed by atoms with E-state index in [0.717, 1.165) is 10.5 Å². The zero-order chi connectivity index (χ0) is 11.4. The Labute approximate surface area is 87.3 Å². The molecule has 0 aromatic rings. The Kier molecular flexibility index (Phi) is 3.49. The number of aliphatic carboxylic acids is 1. The molecule has 0 radical (unpaired) electrons. The van der Waals surface area contributed by atoms with Crippen LogP contribution in [0.25, 0.3) is 0 Å². The van der Waals surface area contributed by atoms with Crippen molar-refractivity contribution in [2.24, 2.45) is 0 Å². The average Bonchev–Trinajstić information content (AvgIpc) is 2.38. The molecule has 0 spiro atoms. The first-order valence-corrected chi connectivity index (χ1v) is 4.60. The van der Waals surface area contributed by atoms with E-state index in [1.165, 1.54) is 0 Å². The van der Waals surface area contributed by atoms with Crippen molar-refractivity contribution in [3.8, 4) is 0 Å². The third-order valence-electron chi connectivity index (χ3n) is 2.41. The standard InChI is InChI=1S/C10H13NO4/c1-2-7-3-4-8(9(12)13)11(6-5-7)10(14)15/h2-3,8H,1,4-6H2,(H,12,13)(H,14,15). The van der Waals surface area contributed by atoms with Crippen LogP contribution in [0.4, 0.5) is 4.79 Å². The van der Waals surface area contributed by atoms with Crippen LogP contribution in [0.15, 0.2) is 24.3 Å². The summed E-state index contributed by atoms with van der Waals surface area (Å²) in [7, 11) is 0. The minimum Gasteiger partial charge on any atom is -0.480 e. The van der Waals surface area contributed by atoms with Gasteiger partial charge in [0.1, 0.15) is 6.04 Å². The molecule has 0 bridgehead atoms. The number of carboxylic acids is 1. The van der Waals surface area contributed by atoms with E-state index in [9.17, 15) is 9.59 Å². The molecule has 0 saturated carbocycles. The van der Waals surface area contributed by atoms with Crippen LogP contribution in [0.3, 0.4) is 0 Å². The van der Waals surface area contributed by atoms with Crippen LogP contribution in [0.5, 0.6) is 0 Å². The Balaban J connectivity index is 2.87. The normalized spacial score (nSPS) is 21.5. The van der Waals surface area contributed by atoms with E-state index >= 15 is 0 Å². The molecule has 0 saturated heterocycles. The fourth-order valence-electron chi connectivity index (χ4n) is 1.55. The third kappa shape index (κ3) is 2.59. The van der Waals surface area contributed by atoms with E-state index in [1.807, 2.05) is 0 Å². The van der Waals surface area contributed by atoms with Gasteiger partial charge in [-0.3, -0.25) is 4.90 Å². The van der Waals surface area contributed by atoms with Crippen molar-refractivity contribution in [3.63, 3.8) is 0 Å². The number of carboxylic acid groups (broad SMARTS) is 2. The summed E-state index contributed by atoms with van der Waals surface area (Å²) in [5.74, 6) is -1.11. The van der Waals surface area contributed by atoms with E-state index in [-0.39, 0.29) is 13.0 Å². The molecule has 5 nitrogen and oxygen atoms in total. The number of hydrogen-bond acceptors (Lipinski definition) is 2. The third-order valence-corrected chi connectivity index (χ3v) is 2.41. The first kappa shape index (κ1) is 11.3. The summed E-state index contributed by atoms with van der Waals surface area (Å²) >= 11 is 0. The van der Waals surface area contributed by atoms with E-state index in [2.05, 4.69) is 6.58 Å². The molecule has 0 aromatic heterocycles. The van der Waals surface area contributed by atoms with Crippen LogP contribution in [0.1, 0.15) is 12.8 Å². The number of amides is 1. The summed E-state index contributed by atoms with van der Waals surface area (Å²) in [6, 6.07) is -0.986. The number of hydrogen-bond donors (Lipinski definition) is 2. The lowest BCUT2D eigenvalue weighted by Crippen LogP contribution is -2.44. The molecular formula is C10H13NO4. The first-order chi connectivity index (χ1) is 7.06. The summed E-state index contributed by atoms with van der Waals surface area (Å²) in [6.07, 6.45) is 2.88. The molecule has 1 amide bonds. The first-order valence-electron chi connectivity index (χ1n) is 4.60. The second-order valence-electron chi connectivity index (χ2n) is 3.30. The van der Waals surface area contributed by atoms with Crippen molar-refractivity contribution < 1.29 is 19.8 Å². The van der Waals surface area contributed by atoms with Gasteiger partial charge in [-0.25, -0.2) is 9.59 Å². The van der Waals surface area contributed by atoms with Crippen LogP contribution in [-0.2, 0) is 4.79 Å². The van der Waals surface area contributed by atoms with Gasteiger partial charge < -0.3 is 10.2 Å². The van der Waals surface area contributed by atoms with Gasteiger partial charge >= 0.3 is 12.1 Å². The van der Waals surface area contributed by atoms with Gasteiger partial charge in [0.15, 0.2) is 0 Å².